The van der Waals surface area contributed by atoms with Crippen LogP contribution in [-0.4, -0.2) is 40.7 Å². The third kappa shape index (κ3) is 4.57. The van der Waals surface area contributed by atoms with Crippen LogP contribution >= 0.6 is 0 Å². The van der Waals surface area contributed by atoms with Crippen LogP contribution < -0.4 is 16.0 Å². The average molecular weight is 432 g/mol. The monoisotopic (exact) mass is 431 g/mol. The number of amides is 1. The first-order valence-electron chi connectivity index (χ1n) is 12.0. The Morgan fingerprint density at radius 3 is 2.69 bits per heavy atom. The van der Waals surface area contributed by atoms with Gasteiger partial charge in [0.25, 0.3) is 5.91 Å². The van der Waals surface area contributed by atoms with Crippen molar-refractivity contribution in [3.8, 4) is 0 Å². The van der Waals surface area contributed by atoms with E-state index in [1.165, 1.54) is 29.5 Å². The van der Waals surface area contributed by atoms with Gasteiger partial charge in [0.15, 0.2) is 0 Å². The summed E-state index contributed by atoms with van der Waals surface area (Å²) in [6, 6.07) is 15.5. The zero-order chi connectivity index (χ0) is 21.9. The minimum absolute atomic E-state index is 0.0524. The van der Waals surface area contributed by atoms with Gasteiger partial charge in [-0.05, 0) is 87.9 Å². The summed E-state index contributed by atoms with van der Waals surface area (Å²) in [5, 5.41) is 14.8. The van der Waals surface area contributed by atoms with E-state index >= 15 is 0 Å². The number of pyridine rings is 1. The highest BCUT2D eigenvalue weighted by atomic mass is 16.1. The third-order valence-corrected chi connectivity index (χ3v) is 7.16. The van der Waals surface area contributed by atoms with Gasteiger partial charge in [-0.15, -0.1) is 0 Å². The second-order valence-electron chi connectivity index (χ2n) is 9.35. The van der Waals surface area contributed by atoms with Crippen LogP contribution in [0.4, 0.5) is 0 Å². The predicted molar refractivity (Wildman–Crippen MR) is 127 cm³/mol. The summed E-state index contributed by atoms with van der Waals surface area (Å²) in [6.45, 7) is 4.20. The van der Waals surface area contributed by atoms with E-state index in [2.05, 4.69) is 52.2 Å². The lowest BCUT2D eigenvalue weighted by molar-refractivity contribution is 0.0929. The van der Waals surface area contributed by atoms with Crippen LogP contribution in [0.3, 0.4) is 0 Å². The number of benzene rings is 1. The maximum Gasteiger partial charge on any atom is 0.251 e. The maximum absolute atomic E-state index is 12.6. The molecular formula is C26H33N5O. The highest BCUT2D eigenvalue weighted by Gasteiger charge is 2.28. The van der Waals surface area contributed by atoms with Gasteiger partial charge in [-0.25, -0.2) is 4.52 Å². The number of rotatable bonds is 6. The van der Waals surface area contributed by atoms with Crippen molar-refractivity contribution >= 4 is 11.4 Å². The molecule has 3 heterocycles. The Hall–Kier alpha value is -2.70. The number of fused-ring (bicyclic) bond motifs is 1. The van der Waals surface area contributed by atoms with E-state index in [0.29, 0.717) is 18.0 Å². The van der Waals surface area contributed by atoms with Crippen molar-refractivity contribution in [1.82, 2.24) is 25.6 Å². The number of nitrogens with one attached hydrogen (secondary N) is 3. The van der Waals surface area contributed by atoms with Crippen molar-refractivity contribution in [2.45, 2.75) is 63.1 Å². The lowest BCUT2D eigenvalue weighted by Gasteiger charge is -2.23. The fourth-order valence-corrected chi connectivity index (χ4v) is 5.31. The standard InChI is InChI=1S/C26H33N5O/c1-18(24-17-28-31-15-3-2-4-25(24)31)29-23-10-9-21(16-23)19-5-7-20(8-6-19)26(32)30-22-11-13-27-14-12-22/h2-8,15,17-18,21-23,27,29H,9-14,16H2,1H3,(H,30,32)/t18-,21-,23?/m0/s1. The molecule has 168 valence electrons. The molecule has 2 fully saturated rings. The van der Waals surface area contributed by atoms with Gasteiger partial charge in [0.1, 0.15) is 0 Å². The van der Waals surface area contributed by atoms with Crippen LogP contribution in [0.25, 0.3) is 5.52 Å². The van der Waals surface area contributed by atoms with Gasteiger partial charge >= 0.3 is 0 Å². The van der Waals surface area contributed by atoms with Gasteiger partial charge in [-0.2, -0.15) is 5.10 Å². The molecule has 1 aromatic carbocycles. The van der Waals surface area contributed by atoms with Crippen LogP contribution in [0.2, 0.25) is 0 Å². The minimum atomic E-state index is 0.0524. The topological polar surface area (TPSA) is 70.5 Å². The SMILES string of the molecule is C[C@H](NC1CC[C@H](c2ccc(C(=O)NC3CCNCC3)cc2)C1)c1cnn2ccccc12. The third-order valence-electron chi connectivity index (χ3n) is 7.16. The average Bonchev–Trinajstić information content (AvgIpc) is 3.47. The van der Waals surface area contributed by atoms with E-state index in [1.807, 2.05) is 35.1 Å². The van der Waals surface area contributed by atoms with Crippen molar-refractivity contribution in [3.05, 3.63) is 71.5 Å². The van der Waals surface area contributed by atoms with Gasteiger partial charge < -0.3 is 16.0 Å². The first-order valence-corrected chi connectivity index (χ1v) is 12.0. The molecule has 2 aliphatic rings. The molecule has 6 nitrogen and oxygen atoms in total. The quantitative estimate of drug-likeness (QED) is 0.555. The molecule has 3 atom stereocenters. The molecule has 3 N–H and O–H groups in total. The van der Waals surface area contributed by atoms with E-state index in [4.69, 9.17) is 0 Å². The van der Waals surface area contributed by atoms with E-state index in [0.717, 1.165) is 37.9 Å². The van der Waals surface area contributed by atoms with Gasteiger partial charge in [-0.1, -0.05) is 18.2 Å². The fraction of sp³-hybridized carbons (Fsp3) is 0.462. The second kappa shape index (κ2) is 9.43. The van der Waals surface area contributed by atoms with E-state index < -0.39 is 0 Å². The number of aromatic nitrogens is 2. The van der Waals surface area contributed by atoms with Gasteiger partial charge in [0.05, 0.1) is 11.7 Å². The molecule has 1 amide bonds. The molecule has 1 saturated carbocycles. The Balaban J connectivity index is 1.17. The highest BCUT2D eigenvalue weighted by Crippen LogP contribution is 2.35. The maximum atomic E-state index is 12.6. The second-order valence-corrected chi connectivity index (χ2v) is 9.35. The van der Waals surface area contributed by atoms with Crippen LogP contribution in [0.5, 0.6) is 0 Å². The summed E-state index contributed by atoms with van der Waals surface area (Å²) >= 11 is 0. The summed E-state index contributed by atoms with van der Waals surface area (Å²) < 4.78 is 1.94. The molecule has 3 aromatic rings. The smallest absolute Gasteiger partial charge is 0.251 e. The summed E-state index contributed by atoms with van der Waals surface area (Å²) in [5.41, 5.74) is 4.52. The van der Waals surface area contributed by atoms with E-state index in [9.17, 15) is 4.79 Å². The zero-order valence-corrected chi connectivity index (χ0v) is 18.8. The van der Waals surface area contributed by atoms with E-state index in [-0.39, 0.29) is 11.9 Å². The molecular weight excluding hydrogens is 398 g/mol. The molecule has 1 aliphatic carbocycles. The van der Waals surface area contributed by atoms with Crippen molar-refractivity contribution in [1.29, 1.82) is 0 Å². The van der Waals surface area contributed by atoms with Crippen molar-refractivity contribution < 1.29 is 4.79 Å². The molecule has 6 heteroatoms. The number of hydrogen-bond donors (Lipinski definition) is 3. The molecule has 0 bridgehead atoms. The van der Waals surface area contributed by atoms with Crippen LogP contribution in [0.15, 0.2) is 54.9 Å². The van der Waals surface area contributed by atoms with E-state index in [1.54, 1.807) is 0 Å². The molecule has 1 aliphatic heterocycles. The normalized spacial score (nSPS) is 22.8. The Morgan fingerprint density at radius 2 is 1.88 bits per heavy atom. The predicted octanol–water partition coefficient (Wildman–Crippen LogP) is 3.80. The Kier molecular flexibility index (Phi) is 6.23. The molecule has 1 saturated heterocycles. The lowest BCUT2D eigenvalue weighted by Crippen LogP contribution is -2.42. The molecule has 0 spiro atoms. The van der Waals surface area contributed by atoms with Gasteiger partial charge in [0.2, 0.25) is 0 Å². The summed E-state index contributed by atoms with van der Waals surface area (Å²) in [4.78, 5) is 12.6. The summed E-state index contributed by atoms with van der Waals surface area (Å²) in [6.07, 6.45) is 9.47. The first kappa shape index (κ1) is 21.2. The number of hydrogen-bond acceptors (Lipinski definition) is 4. The van der Waals surface area contributed by atoms with Crippen molar-refractivity contribution in [2.24, 2.45) is 0 Å². The van der Waals surface area contributed by atoms with Crippen LogP contribution in [-0.2, 0) is 0 Å². The van der Waals surface area contributed by atoms with Crippen molar-refractivity contribution in [3.63, 3.8) is 0 Å². The minimum Gasteiger partial charge on any atom is -0.349 e. The molecule has 0 radical (unpaired) electrons. The molecule has 5 rings (SSSR count). The largest absolute Gasteiger partial charge is 0.349 e. The fourth-order valence-electron chi connectivity index (χ4n) is 5.31. The molecule has 1 unspecified atom stereocenters. The van der Waals surface area contributed by atoms with Crippen LogP contribution in [0.1, 0.15) is 72.5 Å². The molecule has 2 aromatic heterocycles. The Labute approximate surface area is 189 Å². The number of nitrogens with zero attached hydrogens (tertiary/aromatic N) is 2. The molecule has 32 heavy (non-hydrogen) atoms. The number of carbonyl (C=O) groups excluding carboxylic acids is 1. The zero-order valence-electron chi connectivity index (χ0n) is 18.8. The van der Waals surface area contributed by atoms with Gasteiger partial charge in [0, 0.05) is 35.4 Å². The number of carbonyl (C=O) groups is 1. The Bertz CT molecular complexity index is 1050. The summed E-state index contributed by atoms with van der Waals surface area (Å²) in [7, 11) is 0. The Morgan fingerprint density at radius 1 is 1.06 bits per heavy atom. The lowest BCUT2D eigenvalue weighted by atomic mass is 9.96. The first-order chi connectivity index (χ1) is 15.7. The van der Waals surface area contributed by atoms with Crippen LogP contribution in [0, 0.1) is 0 Å². The number of piperidine rings is 1. The van der Waals surface area contributed by atoms with Gasteiger partial charge in [-0.3, -0.25) is 4.79 Å². The van der Waals surface area contributed by atoms with Crippen molar-refractivity contribution in [2.75, 3.05) is 13.1 Å². The highest BCUT2D eigenvalue weighted by molar-refractivity contribution is 5.94. The summed E-state index contributed by atoms with van der Waals surface area (Å²) in [5.74, 6) is 0.599.